The molecule has 1 amide bonds. The van der Waals surface area contributed by atoms with Crippen LogP contribution < -0.4 is 9.47 Å². The van der Waals surface area contributed by atoms with Gasteiger partial charge in [0.05, 0.1) is 14.2 Å². The monoisotopic (exact) mass is 397 g/mol. The normalized spacial score (nSPS) is 13.5. The largest absolute Gasteiger partial charge is 0.493 e. The van der Waals surface area contributed by atoms with Crippen LogP contribution >= 0.6 is 0 Å². The van der Waals surface area contributed by atoms with Gasteiger partial charge < -0.3 is 19.3 Å². The third-order valence-corrected chi connectivity index (χ3v) is 5.47. The molecule has 1 aliphatic rings. The van der Waals surface area contributed by atoms with Crippen LogP contribution in [0.4, 0.5) is 0 Å². The Bertz CT molecular complexity index is 811. The molecule has 1 aromatic carbocycles. The molecule has 156 valence electrons. The summed E-state index contributed by atoms with van der Waals surface area (Å²) in [6, 6.07) is 7.85. The van der Waals surface area contributed by atoms with Crippen molar-refractivity contribution in [3.8, 4) is 11.5 Å². The number of amides is 1. The Morgan fingerprint density at radius 2 is 1.90 bits per heavy atom. The standard InChI is InChI=1S/C23H31N3O3/c1-25(11-5-8-18-7-4-10-24-17-18)12-6-13-26-14-9-19-15-21(28-2)22(29-3)16-20(19)23(26)27/h4,7,10,15-17H,5-6,8-9,11-14H2,1-3H3. The lowest BCUT2D eigenvalue weighted by Gasteiger charge is -2.30. The second-order valence-electron chi connectivity index (χ2n) is 7.53. The van der Waals surface area contributed by atoms with Crippen LogP contribution in [-0.2, 0) is 12.8 Å². The van der Waals surface area contributed by atoms with E-state index in [0.29, 0.717) is 11.5 Å². The molecule has 3 rings (SSSR count). The summed E-state index contributed by atoms with van der Waals surface area (Å²) in [7, 11) is 5.36. The highest BCUT2D eigenvalue weighted by Gasteiger charge is 2.26. The number of hydrogen-bond donors (Lipinski definition) is 0. The van der Waals surface area contributed by atoms with Gasteiger partial charge >= 0.3 is 0 Å². The second kappa shape index (κ2) is 10.3. The molecule has 0 saturated heterocycles. The quantitative estimate of drug-likeness (QED) is 0.617. The number of aromatic nitrogens is 1. The molecule has 6 nitrogen and oxygen atoms in total. The van der Waals surface area contributed by atoms with Gasteiger partial charge in [0.1, 0.15) is 0 Å². The number of rotatable bonds is 10. The summed E-state index contributed by atoms with van der Waals surface area (Å²) < 4.78 is 10.7. The number of carbonyl (C=O) groups excluding carboxylic acids is 1. The van der Waals surface area contributed by atoms with Crippen molar-refractivity contribution < 1.29 is 14.3 Å². The van der Waals surface area contributed by atoms with E-state index in [4.69, 9.17) is 9.47 Å². The molecule has 0 bridgehead atoms. The summed E-state index contributed by atoms with van der Waals surface area (Å²) in [5, 5.41) is 0. The summed E-state index contributed by atoms with van der Waals surface area (Å²) in [6.07, 6.45) is 7.72. The Balaban J connectivity index is 1.45. The molecular formula is C23H31N3O3. The Morgan fingerprint density at radius 1 is 1.14 bits per heavy atom. The molecule has 0 N–H and O–H groups in total. The Morgan fingerprint density at radius 3 is 2.62 bits per heavy atom. The highest BCUT2D eigenvalue weighted by molar-refractivity contribution is 5.97. The van der Waals surface area contributed by atoms with E-state index in [1.165, 1.54) is 5.56 Å². The minimum atomic E-state index is 0.0893. The van der Waals surface area contributed by atoms with Crippen molar-refractivity contribution in [2.45, 2.75) is 25.7 Å². The number of fused-ring (bicyclic) bond motifs is 1. The number of methoxy groups -OCH3 is 2. The van der Waals surface area contributed by atoms with Crippen molar-refractivity contribution in [1.29, 1.82) is 0 Å². The zero-order valence-corrected chi connectivity index (χ0v) is 17.7. The maximum absolute atomic E-state index is 12.9. The summed E-state index contributed by atoms with van der Waals surface area (Å²) >= 11 is 0. The first-order valence-corrected chi connectivity index (χ1v) is 10.2. The maximum atomic E-state index is 12.9. The van der Waals surface area contributed by atoms with Crippen LogP contribution in [0.15, 0.2) is 36.7 Å². The van der Waals surface area contributed by atoms with E-state index in [9.17, 15) is 4.79 Å². The lowest BCUT2D eigenvalue weighted by atomic mass is 9.98. The molecule has 0 atom stereocenters. The van der Waals surface area contributed by atoms with Crippen LogP contribution in [0.1, 0.15) is 34.3 Å². The number of nitrogens with zero attached hydrogens (tertiary/aromatic N) is 3. The Labute approximate surface area is 173 Å². The summed E-state index contributed by atoms with van der Waals surface area (Å²) in [4.78, 5) is 21.4. The van der Waals surface area contributed by atoms with E-state index < -0.39 is 0 Å². The second-order valence-corrected chi connectivity index (χ2v) is 7.53. The van der Waals surface area contributed by atoms with E-state index in [0.717, 1.165) is 63.0 Å². The molecule has 0 radical (unpaired) electrons. The van der Waals surface area contributed by atoms with E-state index in [2.05, 4.69) is 23.0 Å². The Kier molecular flexibility index (Phi) is 7.47. The van der Waals surface area contributed by atoms with Crippen LogP contribution in [0, 0.1) is 0 Å². The molecule has 0 saturated carbocycles. The average Bonchev–Trinajstić information content (AvgIpc) is 2.75. The van der Waals surface area contributed by atoms with Crippen LogP contribution in [0.3, 0.4) is 0 Å². The van der Waals surface area contributed by atoms with Gasteiger partial charge in [-0.25, -0.2) is 0 Å². The van der Waals surface area contributed by atoms with Crippen molar-refractivity contribution >= 4 is 5.91 Å². The van der Waals surface area contributed by atoms with Crippen molar-refractivity contribution in [1.82, 2.24) is 14.8 Å². The number of ether oxygens (including phenoxy) is 2. The zero-order valence-electron chi connectivity index (χ0n) is 17.7. The lowest BCUT2D eigenvalue weighted by Crippen LogP contribution is -2.39. The molecule has 0 aliphatic carbocycles. The van der Waals surface area contributed by atoms with Gasteiger partial charge in [-0.05, 0) is 75.1 Å². The highest BCUT2D eigenvalue weighted by Crippen LogP contribution is 2.33. The average molecular weight is 398 g/mol. The predicted octanol–water partition coefficient (Wildman–Crippen LogP) is 3.05. The highest BCUT2D eigenvalue weighted by atomic mass is 16.5. The van der Waals surface area contributed by atoms with Gasteiger partial charge in [-0.1, -0.05) is 6.07 Å². The number of hydrogen-bond acceptors (Lipinski definition) is 5. The predicted molar refractivity (Wildman–Crippen MR) is 114 cm³/mol. The van der Waals surface area contributed by atoms with Crippen molar-refractivity contribution in [3.05, 3.63) is 53.3 Å². The smallest absolute Gasteiger partial charge is 0.254 e. The van der Waals surface area contributed by atoms with E-state index in [1.807, 2.05) is 35.5 Å². The maximum Gasteiger partial charge on any atom is 0.254 e. The first-order valence-electron chi connectivity index (χ1n) is 10.2. The van der Waals surface area contributed by atoms with Crippen LogP contribution in [0.5, 0.6) is 11.5 Å². The van der Waals surface area contributed by atoms with Crippen molar-refractivity contribution in [2.24, 2.45) is 0 Å². The van der Waals surface area contributed by atoms with E-state index >= 15 is 0 Å². The third kappa shape index (κ3) is 5.48. The topological polar surface area (TPSA) is 54.9 Å². The molecule has 29 heavy (non-hydrogen) atoms. The number of carbonyl (C=O) groups is 1. The van der Waals surface area contributed by atoms with E-state index in [-0.39, 0.29) is 5.91 Å². The molecule has 0 unspecified atom stereocenters. The number of pyridine rings is 1. The molecule has 1 aliphatic heterocycles. The first kappa shape index (κ1) is 21.1. The van der Waals surface area contributed by atoms with Gasteiger partial charge in [-0.3, -0.25) is 9.78 Å². The molecule has 1 aromatic heterocycles. The lowest BCUT2D eigenvalue weighted by molar-refractivity contribution is 0.0732. The molecule has 2 heterocycles. The third-order valence-electron chi connectivity index (χ3n) is 5.47. The molecule has 0 spiro atoms. The molecule has 0 fully saturated rings. The number of benzene rings is 1. The van der Waals surface area contributed by atoms with Gasteiger partial charge in [0.25, 0.3) is 5.91 Å². The fourth-order valence-electron chi connectivity index (χ4n) is 3.81. The zero-order chi connectivity index (χ0) is 20.6. The van der Waals surface area contributed by atoms with Gasteiger partial charge in [0, 0.05) is 31.0 Å². The van der Waals surface area contributed by atoms with Crippen molar-refractivity contribution in [3.63, 3.8) is 0 Å². The minimum Gasteiger partial charge on any atom is -0.493 e. The van der Waals surface area contributed by atoms with Crippen LogP contribution in [-0.4, -0.2) is 68.1 Å². The summed E-state index contributed by atoms with van der Waals surface area (Å²) in [5.74, 6) is 1.38. The molecular weight excluding hydrogens is 366 g/mol. The first-order chi connectivity index (χ1) is 14.1. The van der Waals surface area contributed by atoms with Gasteiger partial charge in [-0.15, -0.1) is 0 Å². The van der Waals surface area contributed by atoms with Crippen LogP contribution in [0.25, 0.3) is 0 Å². The van der Waals surface area contributed by atoms with Gasteiger partial charge in [-0.2, -0.15) is 0 Å². The number of aryl methyl sites for hydroxylation is 1. The minimum absolute atomic E-state index is 0.0893. The Hall–Kier alpha value is -2.60. The van der Waals surface area contributed by atoms with Gasteiger partial charge in [0.15, 0.2) is 11.5 Å². The fraction of sp³-hybridized carbons (Fsp3) is 0.478. The molecule has 6 heteroatoms. The van der Waals surface area contributed by atoms with E-state index in [1.54, 1.807) is 14.2 Å². The summed E-state index contributed by atoms with van der Waals surface area (Å²) in [6.45, 7) is 3.56. The van der Waals surface area contributed by atoms with Crippen LogP contribution in [0.2, 0.25) is 0 Å². The summed E-state index contributed by atoms with van der Waals surface area (Å²) in [5.41, 5.74) is 3.06. The SMILES string of the molecule is COc1cc2c(cc1OC)C(=O)N(CCCN(C)CCCc1cccnc1)CC2. The fourth-order valence-corrected chi connectivity index (χ4v) is 3.81. The molecule has 2 aromatic rings. The van der Waals surface area contributed by atoms with Crippen molar-refractivity contribution in [2.75, 3.05) is 47.4 Å². The van der Waals surface area contributed by atoms with Gasteiger partial charge in [0.2, 0.25) is 0 Å².